The quantitative estimate of drug-likeness (QED) is 0.650. The van der Waals surface area contributed by atoms with Gasteiger partial charge in [0.1, 0.15) is 0 Å². The molecule has 0 fully saturated rings. The van der Waals surface area contributed by atoms with Crippen LogP contribution in [0.25, 0.3) is 0 Å². The summed E-state index contributed by atoms with van der Waals surface area (Å²) in [6.45, 7) is 1.90. The molecule has 0 radical (unpaired) electrons. The summed E-state index contributed by atoms with van der Waals surface area (Å²) < 4.78 is 1.62. The molecule has 0 bridgehead atoms. The summed E-state index contributed by atoms with van der Waals surface area (Å²) in [6.07, 6.45) is 0. The van der Waals surface area contributed by atoms with Crippen LogP contribution in [0.15, 0.2) is 29.0 Å². The second kappa shape index (κ2) is 6.00. The van der Waals surface area contributed by atoms with E-state index in [1.807, 2.05) is 0 Å². The van der Waals surface area contributed by atoms with Crippen molar-refractivity contribution < 1.29 is 14.8 Å². The monoisotopic (exact) mass is 354 g/mol. The minimum atomic E-state index is -0.891. The third-order valence-corrected chi connectivity index (χ3v) is 3.55. The van der Waals surface area contributed by atoms with E-state index < -0.39 is 22.8 Å². The standard InChI is InChI=1S/C12H11BrN4O4/c1-7(10(18)19)9-4-2-8(3-5-9)6-16-11(13)14-12(15-16)17(20)21/h2-5,7H,6H2,1H3,(H,18,19). The molecule has 1 unspecified atom stereocenters. The average Bonchev–Trinajstić information content (AvgIpc) is 2.80. The van der Waals surface area contributed by atoms with Crippen LogP contribution < -0.4 is 0 Å². The Balaban J connectivity index is 2.17. The van der Waals surface area contributed by atoms with Crippen molar-refractivity contribution in [3.8, 4) is 0 Å². The van der Waals surface area contributed by atoms with Crippen molar-refractivity contribution in [1.29, 1.82) is 0 Å². The van der Waals surface area contributed by atoms with E-state index in [4.69, 9.17) is 5.11 Å². The van der Waals surface area contributed by atoms with Gasteiger partial charge in [0, 0.05) is 21.0 Å². The zero-order valence-corrected chi connectivity index (χ0v) is 12.5. The first kappa shape index (κ1) is 15.1. The molecule has 2 aromatic rings. The van der Waals surface area contributed by atoms with Crippen LogP contribution >= 0.6 is 15.9 Å². The summed E-state index contributed by atoms with van der Waals surface area (Å²) in [7, 11) is 0. The van der Waals surface area contributed by atoms with Gasteiger partial charge in [-0.05, 0) is 28.0 Å². The van der Waals surface area contributed by atoms with Gasteiger partial charge in [-0.2, -0.15) is 4.68 Å². The first-order valence-corrected chi connectivity index (χ1v) is 6.74. The van der Waals surface area contributed by atoms with Gasteiger partial charge in [0.15, 0.2) is 0 Å². The molecule has 1 atom stereocenters. The van der Waals surface area contributed by atoms with E-state index in [0.717, 1.165) is 5.56 Å². The molecule has 8 nitrogen and oxygen atoms in total. The van der Waals surface area contributed by atoms with Crippen molar-refractivity contribution in [1.82, 2.24) is 14.8 Å². The highest BCUT2D eigenvalue weighted by Gasteiger charge is 2.19. The van der Waals surface area contributed by atoms with Crippen molar-refractivity contribution in [3.05, 3.63) is 50.2 Å². The van der Waals surface area contributed by atoms with Gasteiger partial charge in [0.05, 0.1) is 12.5 Å². The van der Waals surface area contributed by atoms with Crippen LogP contribution in [0.4, 0.5) is 5.95 Å². The lowest BCUT2D eigenvalue weighted by atomic mass is 10.0. The van der Waals surface area contributed by atoms with Crippen LogP contribution in [0.1, 0.15) is 24.0 Å². The number of aliphatic carboxylic acids is 1. The second-order valence-corrected chi connectivity index (χ2v) is 5.11. The number of halogens is 1. The van der Waals surface area contributed by atoms with E-state index in [9.17, 15) is 14.9 Å². The third-order valence-electron chi connectivity index (χ3n) is 2.96. The Morgan fingerprint density at radius 1 is 1.48 bits per heavy atom. The normalized spacial score (nSPS) is 12.1. The zero-order valence-electron chi connectivity index (χ0n) is 10.9. The highest BCUT2D eigenvalue weighted by molar-refractivity contribution is 9.10. The molecular weight excluding hydrogens is 344 g/mol. The van der Waals surface area contributed by atoms with E-state index in [-0.39, 0.29) is 4.73 Å². The maximum Gasteiger partial charge on any atom is 0.492 e. The van der Waals surface area contributed by atoms with E-state index in [1.165, 1.54) is 4.68 Å². The molecule has 0 amide bonds. The SMILES string of the molecule is CC(C(=O)O)c1ccc(Cn2nc([N+](=O)[O-])nc2Br)cc1. The first-order chi connectivity index (χ1) is 9.88. The van der Waals surface area contributed by atoms with Crippen LogP contribution in [0.3, 0.4) is 0 Å². The molecule has 110 valence electrons. The summed E-state index contributed by atoms with van der Waals surface area (Å²) >= 11 is 3.11. The Bertz CT molecular complexity index is 683. The predicted octanol–water partition coefficient (Wildman–Crippen LogP) is 2.19. The van der Waals surface area contributed by atoms with Crippen LogP contribution in [-0.4, -0.2) is 30.8 Å². The third kappa shape index (κ3) is 3.43. The summed E-state index contributed by atoms with van der Waals surface area (Å²) in [5.41, 5.74) is 1.52. The number of aromatic nitrogens is 3. The molecule has 0 spiro atoms. The van der Waals surface area contributed by atoms with Gasteiger partial charge < -0.3 is 15.2 Å². The average molecular weight is 355 g/mol. The number of hydrogen-bond donors (Lipinski definition) is 1. The second-order valence-electron chi connectivity index (χ2n) is 4.40. The molecular formula is C12H11BrN4O4. The number of hydrogen-bond acceptors (Lipinski definition) is 5. The Hall–Kier alpha value is -2.29. The number of benzene rings is 1. The van der Waals surface area contributed by atoms with Gasteiger partial charge in [-0.25, -0.2) is 0 Å². The largest absolute Gasteiger partial charge is 0.492 e. The molecule has 0 saturated carbocycles. The summed E-state index contributed by atoms with van der Waals surface area (Å²) in [4.78, 5) is 24.5. The molecule has 21 heavy (non-hydrogen) atoms. The van der Waals surface area contributed by atoms with E-state index in [0.29, 0.717) is 12.1 Å². The fourth-order valence-electron chi connectivity index (χ4n) is 1.72. The fraction of sp³-hybridized carbons (Fsp3) is 0.250. The van der Waals surface area contributed by atoms with Gasteiger partial charge in [-0.15, -0.1) is 0 Å². The lowest BCUT2D eigenvalue weighted by Gasteiger charge is -2.07. The van der Waals surface area contributed by atoms with Gasteiger partial charge in [0.2, 0.25) is 0 Å². The Kier molecular flexibility index (Phi) is 4.32. The maximum atomic E-state index is 10.9. The molecule has 1 aromatic carbocycles. The van der Waals surface area contributed by atoms with E-state index in [1.54, 1.807) is 31.2 Å². The predicted molar refractivity (Wildman–Crippen MR) is 76.0 cm³/mol. The maximum absolute atomic E-state index is 10.9. The fourth-order valence-corrected chi connectivity index (χ4v) is 2.08. The summed E-state index contributed by atoms with van der Waals surface area (Å²) in [5.74, 6) is -1.95. The Labute approximate surface area is 127 Å². The van der Waals surface area contributed by atoms with Crippen molar-refractivity contribution in [3.63, 3.8) is 0 Å². The van der Waals surface area contributed by atoms with Crippen molar-refractivity contribution >= 4 is 27.8 Å². The molecule has 0 saturated heterocycles. The van der Waals surface area contributed by atoms with E-state index in [2.05, 4.69) is 26.0 Å². The van der Waals surface area contributed by atoms with E-state index >= 15 is 0 Å². The van der Waals surface area contributed by atoms with Crippen molar-refractivity contribution in [2.75, 3.05) is 0 Å². The molecule has 1 heterocycles. The molecule has 1 aromatic heterocycles. The van der Waals surface area contributed by atoms with Gasteiger partial charge >= 0.3 is 11.9 Å². The number of carbonyl (C=O) groups is 1. The molecule has 1 N–H and O–H groups in total. The van der Waals surface area contributed by atoms with Crippen LogP contribution in [-0.2, 0) is 11.3 Å². The topological polar surface area (TPSA) is 111 Å². The van der Waals surface area contributed by atoms with Crippen LogP contribution in [0.5, 0.6) is 0 Å². The zero-order chi connectivity index (χ0) is 15.6. The van der Waals surface area contributed by atoms with Crippen LogP contribution in [0, 0.1) is 10.1 Å². The lowest BCUT2D eigenvalue weighted by molar-refractivity contribution is -0.394. The Morgan fingerprint density at radius 3 is 2.57 bits per heavy atom. The van der Waals surface area contributed by atoms with Gasteiger partial charge in [0.25, 0.3) is 4.73 Å². The molecule has 0 aliphatic carbocycles. The number of nitro groups is 1. The smallest absolute Gasteiger partial charge is 0.481 e. The van der Waals surface area contributed by atoms with Gasteiger partial charge in [-0.1, -0.05) is 24.3 Å². The number of carboxylic acids is 1. The van der Waals surface area contributed by atoms with Crippen molar-refractivity contribution in [2.45, 2.75) is 19.4 Å². The minimum absolute atomic E-state index is 0.261. The first-order valence-electron chi connectivity index (χ1n) is 5.95. The number of carboxylic acid groups (broad SMARTS) is 1. The highest BCUT2D eigenvalue weighted by atomic mass is 79.9. The Morgan fingerprint density at radius 2 is 2.10 bits per heavy atom. The molecule has 9 heteroatoms. The highest BCUT2D eigenvalue weighted by Crippen LogP contribution is 2.18. The molecule has 2 rings (SSSR count). The molecule has 0 aliphatic rings. The summed E-state index contributed by atoms with van der Waals surface area (Å²) in [5, 5.41) is 23.3. The van der Waals surface area contributed by atoms with Crippen molar-refractivity contribution in [2.24, 2.45) is 0 Å². The molecule has 0 aliphatic heterocycles. The summed E-state index contributed by atoms with van der Waals surface area (Å²) in [6, 6.07) is 6.95. The number of nitrogens with zero attached hydrogens (tertiary/aromatic N) is 4. The van der Waals surface area contributed by atoms with Crippen LogP contribution in [0.2, 0.25) is 0 Å². The minimum Gasteiger partial charge on any atom is -0.481 e. The van der Waals surface area contributed by atoms with Gasteiger partial charge in [-0.3, -0.25) is 4.79 Å². The number of rotatable bonds is 5. The lowest BCUT2D eigenvalue weighted by Crippen LogP contribution is -2.08.